The Kier molecular flexibility index (Phi) is 6.52. The summed E-state index contributed by atoms with van der Waals surface area (Å²) in [4.78, 5) is 1.22. The second kappa shape index (κ2) is 7.70. The molecule has 1 N–H and O–H groups in total. The van der Waals surface area contributed by atoms with Crippen LogP contribution in [0, 0.1) is 0 Å². The minimum Gasteiger partial charge on any atom is -0.379 e. The van der Waals surface area contributed by atoms with Crippen molar-refractivity contribution in [1.82, 2.24) is 14.9 Å². The second-order valence-corrected chi connectivity index (χ2v) is 4.54. The van der Waals surface area contributed by atoms with Crippen molar-refractivity contribution in [2.75, 3.05) is 20.3 Å². The standard InChI is InChI=1S/C11H21N3OS/c1-4-6-9-11(16-14-13-9)10(12-3)8-15-7-5-2/h10,12H,4-8H2,1-3H3. The molecule has 1 atom stereocenters. The van der Waals surface area contributed by atoms with E-state index in [-0.39, 0.29) is 6.04 Å². The van der Waals surface area contributed by atoms with Gasteiger partial charge in [0.25, 0.3) is 0 Å². The molecular weight excluding hydrogens is 222 g/mol. The SMILES string of the molecule is CCCOCC(NC)c1snnc1CCC. The summed E-state index contributed by atoms with van der Waals surface area (Å²) < 4.78 is 9.62. The largest absolute Gasteiger partial charge is 0.379 e. The molecule has 0 aromatic carbocycles. The van der Waals surface area contributed by atoms with E-state index in [1.165, 1.54) is 16.4 Å². The van der Waals surface area contributed by atoms with Crippen molar-refractivity contribution in [3.05, 3.63) is 10.6 Å². The summed E-state index contributed by atoms with van der Waals surface area (Å²) in [5, 5.41) is 7.44. The van der Waals surface area contributed by atoms with E-state index in [0.29, 0.717) is 6.61 Å². The van der Waals surface area contributed by atoms with Crippen LogP contribution in [0.3, 0.4) is 0 Å². The van der Waals surface area contributed by atoms with Crippen molar-refractivity contribution in [3.8, 4) is 0 Å². The molecule has 0 saturated heterocycles. The molecule has 4 nitrogen and oxygen atoms in total. The Bertz CT molecular complexity index is 291. The van der Waals surface area contributed by atoms with Gasteiger partial charge >= 0.3 is 0 Å². The lowest BCUT2D eigenvalue weighted by Crippen LogP contribution is -2.22. The summed E-state index contributed by atoms with van der Waals surface area (Å²) in [5.41, 5.74) is 1.12. The molecule has 0 amide bonds. The number of hydrogen-bond donors (Lipinski definition) is 1. The van der Waals surface area contributed by atoms with Gasteiger partial charge in [-0.25, -0.2) is 0 Å². The molecule has 0 spiro atoms. The molecule has 1 aromatic rings. The molecule has 0 radical (unpaired) electrons. The quantitative estimate of drug-likeness (QED) is 0.711. The van der Waals surface area contributed by atoms with E-state index in [9.17, 15) is 0 Å². The van der Waals surface area contributed by atoms with E-state index >= 15 is 0 Å². The van der Waals surface area contributed by atoms with Crippen LogP contribution in [0.25, 0.3) is 0 Å². The van der Waals surface area contributed by atoms with Crippen molar-refractivity contribution in [3.63, 3.8) is 0 Å². The zero-order valence-corrected chi connectivity index (χ0v) is 11.1. The predicted octanol–water partition coefficient (Wildman–Crippen LogP) is 2.18. The van der Waals surface area contributed by atoms with Crippen LogP contribution in [-0.4, -0.2) is 29.8 Å². The first-order valence-corrected chi connectivity index (χ1v) is 6.66. The van der Waals surface area contributed by atoms with Crippen LogP contribution >= 0.6 is 11.5 Å². The number of nitrogens with zero attached hydrogens (tertiary/aromatic N) is 2. The van der Waals surface area contributed by atoms with Crippen molar-refractivity contribution >= 4 is 11.5 Å². The van der Waals surface area contributed by atoms with Gasteiger partial charge in [-0.15, -0.1) is 5.10 Å². The summed E-state index contributed by atoms with van der Waals surface area (Å²) in [6.45, 7) is 5.79. The van der Waals surface area contributed by atoms with Crippen molar-refractivity contribution in [2.45, 2.75) is 39.2 Å². The minimum atomic E-state index is 0.230. The number of likely N-dealkylation sites (N-methyl/N-ethyl adjacent to an activating group) is 1. The van der Waals surface area contributed by atoms with Crippen LogP contribution in [0.2, 0.25) is 0 Å². The fourth-order valence-electron chi connectivity index (χ4n) is 1.53. The molecule has 0 saturated carbocycles. The fourth-order valence-corrected chi connectivity index (χ4v) is 2.31. The van der Waals surface area contributed by atoms with E-state index < -0.39 is 0 Å². The normalized spacial score (nSPS) is 12.9. The summed E-state index contributed by atoms with van der Waals surface area (Å²) >= 11 is 1.48. The summed E-state index contributed by atoms with van der Waals surface area (Å²) in [6, 6.07) is 0.230. The molecule has 16 heavy (non-hydrogen) atoms. The third kappa shape index (κ3) is 3.81. The molecule has 5 heteroatoms. The Labute approximate surface area is 102 Å². The Morgan fingerprint density at radius 1 is 1.38 bits per heavy atom. The second-order valence-electron chi connectivity index (χ2n) is 3.75. The highest BCUT2D eigenvalue weighted by Gasteiger charge is 2.17. The van der Waals surface area contributed by atoms with Crippen LogP contribution in [0.1, 0.15) is 43.3 Å². The molecule has 0 aliphatic rings. The Balaban J connectivity index is 2.59. The minimum absolute atomic E-state index is 0.230. The topological polar surface area (TPSA) is 47.0 Å². The van der Waals surface area contributed by atoms with Gasteiger partial charge in [-0.1, -0.05) is 24.8 Å². The number of ether oxygens (including phenoxy) is 1. The van der Waals surface area contributed by atoms with Crippen LogP contribution < -0.4 is 5.32 Å². The number of aromatic nitrogens is 2. The summed E-state index contributed by atoms with van der Waals surface area (Å²) in [5.74, 6) is 0. The van der Waals surface area contributed by atoms with E-state index in [1.807, 2.05) is 7.05 Å². The predicted molar refractivity (Wildman–Crippen MR) is 66.8 cm³/mol. The maximum Gasteiger partial charge on any atom is 0.0804 e. The number of nitrogens with one attached hydrogen (secondary N) is 1. The van der Waals surface area contributed by atoms with Crippen LogP contribution in [0.5, 0.6) is 0 Å². The third-order valence-corrected chi connectivity index (χ3v) is 3.25. The van der Waals surface area contributed by atoms with Gasteiger partial charge < -0.3 is 10.1 Å². The van der Waals surface area contributed by atoms with Crippen LogP contribution in [-0.2, 0) is 11.2 Å². The summed E-state index contributed by atoms with van der Waals surface area (Å²) in [7, 11) is 1.95. The molecule has 1 unspecified atom stereocenters. The highest BCUT2D eigenvalue weighted by molar-refractivity contribution is 7.05. The van der Waals surface area contributed by atoms with E-state index in [4.69, 9.17) is 4.74 Å². The number of hydrogen-bond acceptors (Lipinski definition) is 5. The van der Waals surface area contributed by atoms with E-state index in [0.717, 1.165) is 31.6 Å². The fraction of sp³-hybridized carbons (Fsp3) is 0.818. The molecule has 1 rings (SSSR count). The molecular formula is C11H21N3OS. The van der Waals surface area contributed by atoms with Gasteiger partial charge in [0.2, 0.25) is 0 Å². The van der Waals surface area contributed by atoms with E-state index in [2.05, 4.69) is 28.8 Å². The Morgan fingerprint density at radius 3 is 2.81 bits per heavy atom. The first-order chi connectivity index (χ1) is 7.83. The monoisotopic (exact) mass is 243 g/mol. The maximum absolute atomic E-state index is 5.58. The highest BCUT2D eigenvalue weighted by Crippen LogP contribution is 2.21. The lowest BCUT2D eigenvalue weighted by molar-refractivity contribution is 0.114. The number of aryl methyl sites for hydroxylation is 1. The molecule has 92 valence electrons. The molecule has 1 heterocycles. The van der Waals surface area contributed by atoms with Gasteiger partial charge in [-0.2, -0.15) is 0 Å². The van der Waals surface area contributed by atoms with Gasteiger partial charge in [0.15, 0.2) is 0 Å². The lowest BCUT2D eigenvalue weighted by atomic mass is 10.1. The Hall–Kier alpha value is -0.520. The molecule has 1 aromatic heterocycles. The van der Waals surface area contributed by atoms with E-state index in [1.54, 1.807) is 0 Å². The lowest BCUT2D eigenvalue weighted by Gasteiger charge is -2.15. The van der Waals surface area contributed by atoms with Crippen molar-refractivity contribution in [2.24, 2.45) is 0 Å². The van der Waals surface area contributed by atoms with Gasteiger partial charge in [0, 0.05) is 6.61 Å². The molecule has 0 fully saturated rings. The van der Waals surface area contributed by atoms with Crippen LogP contribution in [0.15, 0.2) is 0 Å². The van der Waals surface area contributed by atoms with Gasteiger partial charge in [0.1, 0.15) is 0 Å². The van der Waals surface area contributed by atoms with Crippen LogP contribution in [0.4, 0.5) is 0 Å². The van der Waals surface area contributed by atoms with Gasteiger partial charge in [-0.05, 0) is 31.4 Å². The van der Waals surface area contributed by atoms with Crippen molar-refractivity contribution < 1.29 is 4.74 Å². The smallest absolute Gasteiger partial charge is 0.0804 e. The Morgan fingerprint density at radius 2 is 2.19 bits per heavy atom. The zero-order chi connectivity index (χ0) is 11.8. The van der Waals surface area contributed by atoms with Gasteiger partial charge in [-0.3, -0.25) is 0 Å². The average Bonchev–Trinajstić information content (AvgIpc) is 2.73. The zero-order valence-electron chi connectivity index (χ0n) is 10.3. The molecule has 0 bridgehead atoms. The summed E-state index contributed by atoms with van der Waals surface area (Å²) in [6.07, 6.45) is 3.15. The van der Waals surface area contributed by atoms with Crippen molar-refractivity contribution in [1.29, 1.82) is 0 Å². The maximum atomic E-state index is 5.58. The number of rotatable bonds is 8. The molecule has 0 aliphatic heterocycles. The highest BCUT2D eigenvalue weighted by atomic mass is 32.1. The third-order valence-electron chi connectivity index (χ3n) is 2.37. The molecule has 0 aliphatic carbocycles. The average molecular weight is 243 g/mol. The first-order valence-electron chi connectivity index (χ1n) is 5.89. The van der Waals surface area contributed by atoms with Gasteiger partial charge in [0.05, 0.1) is 23.2 Å². The first kappa shape index (κ1) is 13.5.